The molecule has 0 aliphatic rings. The molecule has 24 heavy (non-hydrogen) atoms. The van der Waals surface area contributed by atoms with Gasteiger partial charge in [-0.2, -0.15) is 13.2 Å². The second-order valence-electron chi connectivity index (χ2n) is 5.33. The Morgan fingerprint density at radius 1 is 1.33 bits per heavy atom. The summed E-state index contributed by atoms with van der Waals surface area (Å²) in [6, 6.07) is 4.40. The van der Waals surface area contributed by atoms with Crippen molar-refractivity contribution in [1.82, 2.24) is 10.3 Å². The van der Waals surface area contributed by atoms with Gasteiger partial charge in [-0.1, -0.05) is 12.1 Å². The zero-order valence-electron chi connectivity index (χ0n) is 13.4. The standard InChI is InChI=1S/C16H17F3N2O3/c1-9(20-15(22)14-10(2)21-11(3)24-14)8-23-13-7-5-4-6-12(13)16(17,18)19/h4-7,9H,8H2,1-3H3,(H,20,22)/t9-/m0/s1. The first kappa shape index (κ1) is 17.8. The van der Waals surface area contributed by atoms with Crippen LogP contribution in [0.4, 0.5) is 13.2 Å². The molecule has 0 spiro atoms. The fourth-order valence-electron chi connectivity index (χ4n) is 2.11. The van der Waals surface area contributed by atoms with Crippen molar-refractivity contribution in [1.29, 1.82) is 0 Å². The quantitative estimate of drug-likeness (QED) is 0.903. The zero-order chi connectivity index (χ0) is 17.9. The van der Waals surface area contributed by atoms with Gasteiger partial charge in [0.2, 0.25) is 5.76 Å². The van der Waals surface area contributed by atoms with E-state index in [-0.39, 0.29) is 18.1 Å². The Labute approximate surface area is 136 Å². The molecule has 0 fully saturated rings. The molecule has 1 heterocycles. The van der Waals surface area contributed by atoms with Crippen LogP contribution in [0.25, 0.3) is 0 Å². The molecular weight excluding hydrogens is 325 g/mol. The summed E-state index contributed by atoms with van der Waals surface area (Å²) in [5.74, 6) is -0.332. The average Bonchev–Trinajstić information content (AvgIpc) is 2.83. The van der Waals surface area contributed by atoms with E-state index < -0.39 is 23.7 Å². The number of halogens is 3. The molecule has 1 atom stereocenters. The van der Waals surface area contributed by atoms with Gasteiger partial charge in [-0.05, 0) is 26.0 Å². The van der Waals surface area contributed by atoms with Crippen LogP contribution in [0.2, 0.25) is 0 Å². The number of aromatic nitrogens is 1. The second kappa shape index (κ2) is 6.94. The van der Waals surface area contributed by atoms with Gasteiger partial charge < -0.3 is 14.5 Å². The van der Waals surface area contributed by atoms with Crippen LogP contribution in [0.15, 0.2) is 28.7 Å². The minimum absolute atomic E-state index is 0.0787. The average molecular weight is 342 g/mol. The Morgan fingerprint density at radius 3 is 2.58 bits per heavy atom. The normalized spacial score (nSPS) is 12.8. The van der Waals surface area contributed by atoms with E-state index >= 15 is 0 Å². The van der Waals surface area contributed by atoms with Gasteiger partial charge in [0, 0.05) is 6.92 Å². The summed E-state index contributed by atoms with van der Waals surface area (Å²) in [4.78, 5) is 16.0. The number of nitrogens with zero attached hydrogens (tertiary/aromatic N) is 1. The Bertz CT molecular complexity index is 726. The highest BCUT2D eigenvalue weighted by Crippen LogP contribution is 2.35. The van der Waals surface area contributed by atoms with Crippen LogP contribution in [-0.2, 0) is 6.18 Å². The van der Waals surface area contributed by atoms with Crippen molar-refractivity contribution in [3.8, 4) is 5.75 Å². The van der Waals surface area contributed by atoms with Gasteiger partial charge in [0.15, 0.2) is 5.89 Å². The number of aryl methyl sites for hydroxylation is 2. The van der Waals surface area contributed by atoms with Gasteiger partial charge >= 0.3 is 6.18 Å². The third-order valence-electron chi connectivity index (χ3n) is 3.17. The summed E-state index contributed by atoms with van der Waals surface area (Å²) in [5.41, 5.74) is -0.411. The Hall–Kier alpha value is -2.51. The van der Waals surface area contributed by atoms with Crippen LogP contribution >= 0.6 is 0 Å². The minimum atomic E-state index is -4.50. The number of hydrogen-bond acceptors (Lipinski definition) is 4. The third-order valence-corrected chi connectivity index (χ3v) is 3.17. The molecule has 1 aromatic carbocycles. The van der Waals surface area contributed by atoms with Crippen molar-refractivity contribution in [2.45, 2.75) is 33.0 Å². The van der Waals surface area contributed by atoms with Crippen LogP contribution in [0.5, 0.6) is 5.75 Å². The van der Waals surface area contributed by atoms with E-state index in [1.165, 1.54) is 18.2 Å². The van der Waals surface area contributed by atoms with Gasteiger partial charge in [-0.15, -0.1) is 0 Å². The maximum Gasteiger partial charge on any atom is 0.419 e. The molecule has 0 radical (unpaired) electrons. The van der Waals surface area contributed by atoms with Crippen molar-refractivity contribution in [2.24, 2.45) is 0 Å². The highest BCUT2D eigenvalue weighted by molar-refractivity contribution is 5.92. The van der Waals surface area contributed by atoms with Gasteiger partial charge in [-0.25, -0.2) is 4.98 Å². The Morgan fingerprint density at radius 2 is 2.00 bits per heavy atom. The van der Waals surface area contributed by atoms with E-state index in [0.717, 1.165) is 6.07 Å². The van der Waals surface area contributed by atoms with Crippen LogP contribution in [-0.4, -0.2) is 23.5 Å². The first-order chi connectivity index (χ1) is 11.2. The van der Waals surface area contributed by atoms with Gasteiger partial charge in [0.1, 0.15) is 12.4 Å². The fourth-order valence-corrected chi connectivity index (χ4v) is 2.11. The van der Waals surface area contributed by atoms with E-state index in [1.807, 2.05) is 0 Å². The van der Waals surface area contributed by atoms with Gasteiger partial charge in [0.05, 0.1) is 17.3 Å². The number of benzene rings is 1. The lowest BCUT2D eigenvalue weighted by Crippen LogP contribution is -2.37. The van der Waals surface area contributed by atoms with Crippen LogP contribution in [0.3, 0.4) is 0 Å². The van der Waals surface area contributed by atoms with Crippen molar-refractivity contribution in [2.75, 3.05) is 6.61 Å². The van der Waals surface area contributed by atoms with Crippen LogP contribution in [0, 0.1) is 13.8 Å². The van der Waals surface area contributed by atoms with E-state index in [4.69, 9.17) is 9.15 Å². The molecule has 1 N–H and O–H groups in total. The molecule has 0 unspecified atom stereocenters. The molecule has 1 amide bonds. The van der Waals surface area contributed by atoms with Crippen LogP contribution in [0.1, 0.15) is 34.6 Å². The number of carbonyl (C=O) groups is 1. The number of ether oxygens (including phenoxy) is 1. The predicted molar refractivity (Wildman–Crippen MR) is 79.8 cm³/mol. The molecule has 0 aliphatic heterocycles. The Balaban J connectivity index is 1.98. The van der Waals surface area contributed by atoms with Crippen molar-refractivity contribution in [3.05, 3.63) is 47.2 Å². The minimum Gasteiger partial charge on any atom is -0.491 e. The molecule has 1 aromatic heterocycles. The molecule has 2 aromatic rings. The monoisotopic (exact) mass is 342 g/mol. The molecule has 0 saturated carbocycles. The number of hydrogen-bond donors (Lipinski definition) is 1. The molecular formula is C16H17F3N2O3. The second-order valence-corrected chi connectivity index (χ2v) is 5.33. The molecule has 2 rings (SSSR count). The van der Waals surface area contributed by atoms with Crippen molar-refractivity contribution >= 4 is 5.91 Å². The lowest BCUT2D eigenvalue weighted by Gasteiger charge is -2.17. The maximum atomic E-state index is 12.9. The number of carbonyl (C=O) groups excluding carboxylic acids is 1. The topological polar surface area (TPSA) is 64.4 Å². The molecule has 0 bridgehead atoms. The molecule has 0 aliphatic carbocycles. The van der Waals surface area contributed by atoms with E-state index in [2.05, 4.69) is 10.3 Å². The number of rotatable bonds is 5. The first-order valence-electron chi connectivity index (χ1n) is 7.22. The smallest absolute Gasteiger partial charge is 0.419 e. The van der Waals surface area contributed by atoms with E-state index in [1.54, 1.807) is 20.8 Å². The first-order valence-corrected chi connectivity index (χ1v) is 7.22. The molecule has 5 nitrogen and oxygen atoms in total. The summed E-state index contributed by atoms with van der Waals surface area (Å²) < 4.78 is 49.1. The highest BCUT2D eigenvalue weighted by Gasteiger charge is 2.34. The van der Waals surface area contributed by atoms with E-state index in [0.29, 0.717) is 11.6 Å². The van der Waals surface area contributed by atoms with E-state index in [9.17, 15) is 18.0 Å². The zero-order valence-corrected chi connectivity index (χ0v) is 13.4. The third kappa shape index (κ3) is 4.27. The lowest BCUT2D eigenvalue weighted by atomic mass is 10.2. The van der Waals surface area contributed by atoms with Crippen molar-refractivity contribution in [3.63, 3.8) is 0 Å². The van der Waals surface area contributed by atoms with Crippen molar-refractivity contribution < 1.29 is 27.1 Å². The molecule has 0 saturated heterocycles. The largest absolute Gasteiger partial charge is 0.491 e. The molecule has 8 heteroatoms. The maximum absolute atomic E-state index is 12.9. The number of alkyl halides is 3. The summed E-state index contributed by atoms with van der Waals surface area (Å²) in [7, 11) is 0. The number of amides is 1. The number of oxazole rings is 1. The predicted octanol–water partition coefficient (Wildman–Crippen LogP) is 3.51. The summed E-state index contributed by atoms with van der Waals surface area (Å²) in [5, 5.41) is 2.60. The molecule has 130 valence electrons. The summed E-state index contributed by atoms with van der Waals surface area (Å²) in [6.45, 7) is 4.74. The Kier molecular flexibility index (Phi) is 5.16. The lowest BCUT2D eigenvalue weighted by molar-refractivity contribution is -0.139. The van der Waals surface area contributed by atoms with Gasteiger partial charge in [0.25, 0.3) is 5.91 Å². The fraction of sp³-hybridized carbons (Fsp3) is 0.375. The highest BCUT2D eigenvalue weighted by atomic mass is 19.4. The summed E-state index contributed by atoms with van der Waals surface area (Å²) >= 11 is 0. The number of para-hydroxylation sites is 1. The van der Waals surface area contributed by atoms with Crippen LogP contribution < -0.4 is 10.1 Å². The summed E-state index contributed by atoms with van der Waals surface area (Å²) in [6.07, 6.45) is -4.50. The number of nitrogens with one attached hydrogen (secondary N) is 1. The van der Waals surface area contributed by atoms with Gasteiger partial charge in [-0.3, -0.25) is 4.79 Å². The SMILES string of the molecule is Cc1nc(C)c(C(=O)N[C@@H](C)COc2ccccc2C(F)(F)F)o1.